The Labute approximate surface area is 98.8 Å². The van der Waals surface area contributed by atoms with E-state index < -0.39 is 12.2 Å². The molecule has 1 N–H and O–H groups in total. The molecule has 0 saturated heterocycles. The summed E-state index contributed by atoms with van der Waals surface area (Å²) >= 11 is 0. The van der Waals surface area contributed by atoms with E-state index in [2.05, 4.69) is 5.32 Å². The van der Waals surface area contributed by atoms with E-state index in [9.17, 15) is 13.2 Å². The molecule has 0 spiro atoms. The van der Waals surface area contributed by atoms with Crippen molar-refractivity contribution in [3.8, 4) is 5.75 Å². The van der Waals surface area contributed by atoms with Gasteiger partial charge >= 0.3 is 6.18 Å². The zero-order valence-electron chi connectivity index (χ0n) is 9.84. The summed E-state index contributed by atoms with van der Waals surface area (Å²) in [5.41, 5.74) is 0.871. The molecule has 1 aromatic rings. The second-order valence-electron chi connectivity index (χ2n) is 3.77. The predicted molar refractivity (Wildman–Crippen MR) is 60.2 cm³/mol. The Morgan fingerprint density at radius 2 is 1.82 bits per heavy atom. The lowest BCUT2D eigenvalue weighted by Gasteiger charge is -2.19. The fourth-order valence-corrected chi connectivity index (χ4v) is 1.57. The summed E-state index contributed by atoms with van der Waals surface area (Å²) in [6.45, 7) is 0. The lowest BCUT2D eigenvalue weighted by molar-refractivity contribution is -0.155. The fourth-order valence-electron chi connectivity index (χ4n) is 1.57. The van der Waals surface area contributed by atoms with Crippen molar-refractivity contribution in [2.45, 2.75) is 25.1 Å². The molecule has 0 bridgehead atoms. The predicted octanol–water partition coefficient (Wildman–Crippen LogP) is 2.78. The highest BCUT2D eigenvalue weighted by Crippen LogP contribution is 2.23. The van der Waals surface area contributed by atoms with Gasteiger partial charge in [-0.1, -0.05) is 12.1 Å². The number of aryl methyl sites for hydroxylation is 1. The largest absolute Gasteiger partial charge is 0.497 e. The quantitative estimate of drug-likeness (QED) is 0.863. The van der Waals surface area contributed by atoms with Crippen LogP contribution in [0.1, 0.15) is 12.0 Å². The van der Waals surface area contributed by atoms with Crippen LogP contribution in [-0.2, 0) is 6.42 Å². The average molecular weight is 247 g/mol. The number of nitrogens with one attached hydrogen (secondary N) is 1. The molecule has 1 aromatic carbocycles. The molecule has 1 atom stereocenters. The Hall–Kier alpha value is -1.23. The van der Waals surface area contributed by atoms with Crippen molar-refractivity contribution < 1.29 is 17.9 Å². The van der Waals surface area contributed by atoms with Crippen molar-refractivity contribution in [3.05, 3.63) is 29.8 Å². The van der Waals surface area contributed by atoms with Gasteiger partial charge in [0.1, 0.15) is 11.8 Å². The first-order chi connectivity index (χ1) is 7.97. The van der Waals surface area contributed by atoms with Gasteiger partial charge in [0.15, 0.2) is 0 Å². The third-order valence-corrected chi connectivity index (χ3v) is 2.62. The molecule has 0 aliphatic heterocycles. The van der Waals surface area contributed by atoms with Crippen LogP contribution in [0.4, 0.5) is 13.2 Å². The molecule has 5 heteroatoms. The maximum atomic E-state index is 12.5. The zero-order chi connectivity index (χ0) is 12.9. The number of halogens is 3. The standard InChI is InChI=1S/C12H16F3NO/c1-16-11(12(13,14)15)8-5-9-3-6-10(17-2)7-4-9/h3-4,6-7,11,16H,5,8H2,1-2H3. The number of methoxy groups -OCH3 is 1. The molecule has 0 amide bonds. The van der Waals surface area contributed by atoms with Gasteiger partial charge in [-0.05, 0) is 37.6 Å². The normalized spacial score (nSPS) is 13.5. The van der Waals surface area contributed by atoms with Crippen LogP contribution in [-0.4, -0.2) is 26.4 Å². The van der Waals surface area contributed by atoms with Gasteiger partial charge in [0.2, 0.25) is 0 Å². The first kappa shape index (κ1) is 13.8. The van der Waals surface area contributed by atoms with Crippen LogP contribution in [0.2, 0.25) is 0 Å². The first-order valence-corrected chi connectivity index (χ1v) is 5.34. The minimum absolute atomic E-state index is 0.0341. The Morgan fingerprint density at radius 3 is 2.24 bits per heavy atom. The Bertz CT molecular complexity index is 335. The number of alkyl halides is 3. The molecule has 1 unspecified atom stereocenters. The van der Waals surface area contributed by atoms with Crippen molar-refractivity contribution in [2.24, 2.45) is 0 Å². The minimum atomic E-state index is -4.19. The van der Waals surface area contributed by atoms with Gasteiger partial charge in [0, 0.05) is 0 Å². The highest BCUT2D eigenvalue weighted by Gasteiger charge is 2.37. The lowest BCUT2D eigenvalue weighted by atomic mass is 10.0. The fraction of sp³-hybridized carbons (Fsp3) is 0.500. The SMILES string of the molecule is CNC(CCc1ccc(OC)cc1)C(F)(F)F. The summed E-state index contributed by atoms with van der Waals surface area (Å²) in [6.07, 6.45) is -3.78. The molecule has 0 aliphatic carbocycles. The molecule has 0 fully saturated rings. The number of ether oxygens (including phenoxy) is 1. The zero-order valence-corrected chi connectivity index (χ0v) is 9.84. The number of benzene rings is 1. The molecule has 17 heavy (non-hydrogen) atoms. The summed E-state index contributed by atoms with van der Waals surface area (Å²) in [6, 6.07) is 5.60. The van der Waals surface area contributed by atoms with E-state index in [4.69, 9.17) is 4.74 Å². The second-order valence-corrected chi connectivity index (χ2v) is 3.77. The van der Waals surface area contributed by atoms with E-state index in [1.165, 1.54) is 7.05 Å². The molecular weight excluding hydrogens is 231 g/mol. The van der Waals surface area contributed by atoms with Gasteiger partial charge in [-0.15, -0.1) is 0 Å². The van der Waals surface area contributed by atoms with Gasteiger partial charge < -0.3 is 10.1 Å². The summed E-state index contributed by atoms with van der Waals surface area (Å²) in [5.74, 6) is 0.703. The van der Waals surface area contributed by atoms with Gasteiger partial charge in [-0.2, -0.15) is 13.2 Å². The number of hydrogen-bond acceptors (Lipinski definition) is 2. The summed E-state index contributed by atoms with van der Waals surface area (Å²) in [5, 5.41) is 2.29. The van der Waals surface area contributed by atoms with Crippen molar-refractivity contribution in [1.82, 2.24) is 5.32 Å². The molecular formula is C12H16F3NO. The van der Waals surface area contributed by atoms with Crippen molar-refractivity contribution in [1.29, 1.82) is 0 Å². The average Bonchev–Trinajstić information content (AvgIpc) is 2.29. The maximum Gasteiger partial charge on any atom is 0.403 e. The topological polar surface area (TPSA) is 21.3 Å². The third-order valence-electron chi connectivity index (χ3n) is 2.62. The van der Waals surface area contributed by atoms with Crippen LogP contribution < -0.4 is 10.1 Å². The van der Waals surface area contributed by atoms with Crippen molar-refractivity contribution in [3.63, 3.8) is 0 Å². The van der Waals surface area contributed by atoms with Gasteiger partial charge in [-0.3, -0.25) is 0 Å². The van der Waals surface area contributed by atoms with Crippen LogP contribution in [0.15, 0.2) is 24.3 Å². The van der Waals surface area contributed by atoms with Gasteiger partial charge in [0.05, 0.1) is 7.11 Å². The van der Waals surface area contributed by atoms with E-state index >= 15 is 0 Å². The van der Waals surface area contributed by atoms with Crippen LogP contribution in [0.3, 0.4) is 0 Å². The lowest BCUT2D eigenvalue weighted by Crippen LogP contribution is -2.40. The van der Waals surface area contributed by atoms with Crippen LogP contribution >= 0.6 is 0 Å². The molecule has 96 valence electrons. The van der Waals surface area contributed by atoms with E-state index in [1.54, 1.807) is 31.4 Å². The van der Waals surface area contributed by atoms with Crippen molar-refractivity contribution in [2.75, 3.05) is 14.2 Å². The summed E-state index contributed by atoms with van der Waals surface area (Å²) < 4.78 is 42.4. The molecule has 2 nitrogen and oxygen atoms in total. The number of rotatable bonds is 5. The second kappa shape index (κ2) is 5.91. The Kier molecular flexibility index (Phi) is 4.81. The van der Waals surface area contributed by atoms with Gasteiger partial charge in [0.25, 0.3) is 0 Å². The molecule has 0 radical (unpaired) electrons. The van der Waals surface area contributed by atoms with Gasteiger partial charge in [-0.25, -0.2) is 0 Å². The molecule has 0 aromatic heterocycles. The van der Waals surface area contributed by atoms with Crippen LogP contribution in [0, 0.1) is 0 Å². The van der Waals surface area contributed by atoms with E-state index in [0.717, 1.165) is 5.56 Å². The van der Waals surface area contributed by atoms with E-state index in [-0.39, 0.29) is 6.42 Å². The third kappa shape index (κ3) is 4.26. The molecule has 0 aliphatic rings. The highest BCUT2D eigenvalue weighted by molar-refractivity contribution is 5.27. The Morgan fingerprint density at radius 1 is 1.24 bits per heavy atom. The van der Waals surface area contributed by atoms with Crippen molar-refractivity contribution >= 4 is 0 Å². The molecule has 0 heterocycles. The smallest absolute Gasteiger partial charge is 0.403 e. The highest BCUT2D eigenvalue weighted by atomic mass is 19.4. The molecule has 1 rings (SSSR count). The van der Waals surface area contributed by atoms with Crippen LogP contribution in [0.25, 0.3) is 0 Å². The minimum Gasteiger partial charge on any atom is -0.497 e. The summed E-state index contributed by atoms with van der Waals surface area (Å²) in [7, 11) is 2.88. The maximum absolute atomic E-state index is 12.5. The molecule has 0 saturated carbocycles. The Balaban J connectivity index is 2.54. The summed E-state index contributed by atoms with van der Waals surface area (Å²) in [4.78, 5) is 0. The van der Waals surface area contributed by atoms with E-state index in [0.29, 0.717) is 12.2 Å². The van der Waals surface area contributed by atoms with E-state index in [1.807, 2.05) is 0 Å². The first-order valence-electron chi connectivity index (χ1n) is 5.34. The monoisotopic (exact) mass is 247 g/mol. The number of hydrogen-bond donors (Lipinski definition) is 1. The van der Waals surface area contributed by atoms with Crippen LogP contribution in [0.5, 0.6) is 5.75 Å².